The summed E-state index contributed by atoms with van der Waals surface area (Å²) in [7, 11) is 1.42. The fraction of sp³-hybridized carbons (Fsp3) is 0.448. The van der Waals surface area contributed by atoms with Crippen LogP contribution in [-0.4, -0.2) is 60.2 Å². The van der Waals surface area contributed by atoms with Crippen molar-refractivity contribution < 1.29 is 29.0 Å². The summed E-state index contributed by atoms with van der Waals surface area (Å²) < 4.78 is 5.85. The molecule has 3 N–H and O–H groups in total. The summed E-state index contributed by atoms with van der Waals surface area (Å²) in [5.74, 6) is -0.284. The lowest BCUT2D eigenvalue weighted by atomic mass is 9.83. The maximum atomic E-state index is 14.0. The molecule has 212 valence electrons. The molecule has 2 heterocycles. The van der Waals surface area contributed by atoms with Gasteiger partial charge in [0.25, 0.3) is 5.91 Å². The minimum absolute atomic E-state index is 0.167. The molecule has 4 amide bonds. The quantitative estimate of drug-likeness (QED) is 0.439. The lowest BCUT2D eigenvalue weighted by Gasteiger charge is -2.45. The summed E-state index contributed by atoms with van der Waals surface area (Å²) in [6.07, 6.45) is 4.24. The number of anilines is 2. The van der Waals surface area contributed by atoms with Crippen LogP contribution in [-0.2, 0) is 15.1 Å². The number of ether oxygens (including phenoxy) is 1. The van der Waals surface area contributed by atoms with E-state index in [-0.39, 0.29) is 12.5 Å². The molecule has 10 nitrogen and oxygen atoms in total. The van der Waals surface area contributed by atoms with E-state index < -0.39 is 29.7 Å². The number of benzene rings is 2. The van der Waals surface area contributed by atoms with Gasteiger partial charge in [0.15, 0.2) is 5.60 Å². The van der Waals surface area contributed by atoms with Crippen LogP contribution in [0.5, 0.6) is 0 Å². The predicted octanol–water partition coefficient (Wildman–Crippen LogP) is 5.21. The zero-order valence-corrected chi connectivity index (χ0v) is 23.1. The number of carbonyl (C=O) groups excluding carboxylic acids is 3. The molecule has 2 atom stereocenters. The van der Waals surface area contributed by atoms with Crippen LogP contribution < -0.4 is 15.5 Å². The van der Waals surface area contributed by atoms with Gasteiger partial charge in [-0.2, -0.15) is 0 Å². The number of hydrogen-bond donors (Lipinski definition) is 3. The lowest BCUT2D eigenvalue weighted by Crippen LogP contribution is -2.57. The molecule has 2 aromatic rings. The van der Waals surface area contributed by atoms with Gasteiger partial charge in [-0.1, -0.05) is 37.3 Å². The van der Waals surface area contributed by atoms with Crippen molar-refractivity contribution in [1.82, 2.24) is 10.2 Å². The molecular weight excluding hydrogens is 536 g/mol. The Labute approximate surface area is 237 Å². The molecule has 0 unspecified atom stereocenters. The number of nitrogens with zero attached hydrogens (tertiary/aromatic N) is 2. The van der Waals surface area contributed by atoms with Crippen molar-refractivity contribution in [3.8, 4) is 0 Å². The normalized spacial score (nSPS) is 21.2. The first kappa shape index (κ1) is 27.8. The Morgan fingerprint density at radius 3 is 2.60 bits per heavy atom. The number of likely N-dealkylation sites (tertiary alicyclic amines) is 1. The topological polar surface area (TPSA) is 128 Å². The Hall–Kier alpha value is -3.79. The maximum absolute atomic E-state index is 14.0. The third-order valence-corrected chi connectivity index (χ3v) is 8.45. The first-order valence-electron chi connectivity index (χ1n) is 13.6. The lowest BCUT2D eigenvalue weighted by molar-refractivity contribution is -0.141. The van der Waals surface area contributed by atoms with Crippen molar-refractivity contribution in [3.63, 3.8) is 0 Å². The summed E-state index contributed by atoms with van der Waals surface area (Å²) >= 11 is 6.29. The second-order valence-electron chi connectivity index (χ2n) is 10.9. The average molecular weight is 569 g/mol. The van der Waals surface area contributed by atoms with E-state index in [1.54, 1.807) is 47.4 Å². The van der Waals surface area contributed by atoms with Crippen molar-refractivity contribution in [2.45, 2.75) is 56.6 Å². The summed E-state index contributed by atoms with van der Waals surface area (Å²) in [4.78, 5) is 53.7. The first-order valence-corrected chi connectivity index (χ1v) is 14.0. The molecule has 1 saturated heterocycles. The third kappa shape index (κ3) is 5.72. The summed E-state index contributed by atoms with van der Waals surface area (Å²) in [6, 6.07) is 10.7. The summed E-state index contributed by atoms with van der Waals surface area (Å²) in [5, 5.41) is 15.4. The molecule has 40 heavy (non-hydrogen) atoms. The van der Waals surface area contributed by atoms with Crippen LogP contribution in [0, 0.1) is 5.92 Å². The van der Waals surface area contributed by atoms with Crippen molar-refractivity contribution in [3.05, 3.63) is 58.6 Å². The number of piperidine rings is 1. The highest BCUT2D eigenvalue weighted by Gasteiger charge is 2.47. The van der Waals surface area contributed by atoms with Gasteiger partial charge in [0, 0.05) is 35.4 Å². The smallest absolute Gasteiger partial charge is 0.412 e. The van der Waals surface area contributed by atoms with E-state index in [1.165, 1.54) is 7.05 Å². The molecule has 2 aromatic carbocycles. The summed E-state index contributed by atoms with van der Waals surface area (Å²) in [6.45, 7) is 0.647. The molecule has 11 heteroatoms. The number of nitrogens with one attached hydrogen (secondary N) is 2. The number of amides is 4. The van der Waals surface area contributed by atoms with Crippen LogP contribution in [0.25, 0.3) is 0 Å². The second-order valence-corrected chi connectivity index (χ2v) is 11.3. The SMILES string of the molecule is CN(C(=O)O)c1ccc(C(=O)N[C@@H](CC2CCCC2)C(=O)N2CCC[C@@]3(C2)OC(=O)Nc2ccc(Cl)cc23)cc1. The zero-order chi connectivity index (χ0) is 28.4. The molecule has 0 aromatic heterocycles. The Kier molecular flexibility index (Phi) is 7.89. The number of fused-ring (bicyclic) bond motifs is 2. The van der Waals surface area contributed by atoms with Crippen molar-refractivity contribution in [2.24, 2.45) is 5.92 Å². The zero-order valence-electron chi connectivity index (χ0n) is 22.3. The Morgan fingerprint density at radius 2 is 1.90 bits per heavy atom. The van der Waals surface area contributed by atoms with Crippen molar-refractivity contribution >= 4 is 47.0 Å². The van der Waals surface area contributed by atoms with Gasteiger partial charge in [-0.25, -0.2) is 9.59 Å². The molecule has 2 aliphatic heterocycles. The molecule has 1 saturated carbocycles. The average Bonchev–Trinajstić information content (AvgIpc) is 3.45. The maximum Gasteiger partial charge on any atom is 0.412 e. The molecule has 0 bridgehead atoms. The highest BCUT2D eigenvalue weighted by molar-refractivity contribution is 6.30. The fourth-order valence-electron chi connectivity index (χ4n) is 6.09. The van der Waals surface area contributed by atoms with Gasteiger partial charge < -0.3 is 20.1 Å². The Morgan fingerprint density at radius 1 is 1.18 bits per heavy atom. The Bertz CT molecular complexity index is 1310. The van der Waals surface area contributed by atoms with Crippen LogP contribution in [0.1, 0.15) is 60.9 Å². The number of carboxylic acid groups (broad SMARTS) is 1. The van der Waals surface area contributed by atoms with E-state index in [0.717, 1.165) is 36.1 Å². The van der Waals surface area contributed by atoms with Crippen LogP contribution in [0.2, 0.25) is 5.02 Å². The first-order chi connectivity index (χ1) is 19.1. The standard InChI is InChI=1S/C29H33ClN4O6/c1-33(28(38)39)21-10-7-19(8-11-21)25(35)31-24(15-18-5-2-3-6-18)26(36)34-14-4-13-29(17-34)22-16-20(30)9-12-23(22)32-27(37)40-29/h7-12,16,18,24H,2-6,13-15,17H2,1H3,(H,31,35)(H,32,37)(H,38,39)/t24-,29-/m0/s1. The molecule has 2 fully saturated rings. The van der Waals surface area contributed by atoms with Crippen LogP contribution >= 0.6 is 11.6 Å². The molecule has 5 rings (SSSR count). The van der Waals surface area contributed by atoms with E-state index >= 15 is 0 Å². The van der Waals surface area contributed by atoms with Gasteiger partial charge in [0.2, 0.25) is 5.91 Å². The fourth-order valence-corrected chi connectivity index (χ4v) is 6.27. The monoisotopic (exact) mass is 568 g/mol. The molecule has 1 aliphatic carbocycles. The predicted molar refractivity (Wildman–Crippen MR) is 150 cm³/mol. The van der Waals surface area contributed by atoms with E-state index in [4.69, 9.17) is 16.3 Å². The molecule has 0 radical (unpaired) electrons. The Balaban J connectivity index is 1.37. The minimum atomic E-state index is -1.11. The molecule has 1 spiro atoms. The van der Waals surface area contributed by atoms with Crippen molar-refractivity contribution in [2.75, 3.05) is 30.4 Å². The number of rotatable bonds is 6. The van der Waals surface area contributed by atoms with E-state index in [9.17, 15) is 24.3 Å². The van der Waals surface area contributed by atoms with Gasteiger partial charge >= 0.3 is 12.2 Å². The van der Waals surface area contributed by atoms with Gasteiger partial charge in [-0.15, -0.1) is 0 Å². The number of halogens is 1. The van der Waals surface area contributed by atoms with Gasteiger partial charge in [-0.05, 0) is 67.6 Å². The minimum Gasteiger partial charge on any atom is -0.465 e. The van der Waals surface area contributed by atoms with Gasteiger partial charge in [-0.3, -0.25) is 19.8 Å². The second kappa shape index (κ2) is 11.4. The highest BCUT2D eigenvalue weighted by Crippen LogP contribution is 2.43. The largest absolute Gasteiger partial charge is 0.465 e. The number of carbonyl (C=O) groups is 4. The van der Waals surface area contributed by atoms with E-state index in [0.29, 0.717) is 53.7 Å². The van der Waals surface area contributed by atoms with E-state index in [2.05, 4.69) is 10.6 Å². The van der Waals surface area contributed by atoms with Gasteiger partial charge in [0.05, 0.1) is 12.2 Å². The van der Waals surface area contributed by atoms with Crippen LogP contribution in [0.4, 0.5) is 21.0 Å². The molecule has 3 aliphatic rings. The highest BCUT2D eigenvalue weighted by atomic mass is 35.5. The van der Waals surface area contributed by atoms with Crippen molar-refractivity contribution in [1.29, 1.82) is 0 Å². The third-order valence-electron chi connectivity index (χ3n) is 8.21. The van der Waals surface area contributed by atoms with Gasteiger partial charge in [0.1, 0.15) is 6.04 Å². The van der Waals surface area contributed by atoms with E-state index in [1.807, 2.05) is 0 Å². The number of hydrogen-bond acceptors (Lipinski definition) is 5. The molecular formula is C29H33ClN4O6. The van der Waals surface area contributed by atoms with Crippen LogP contribution in [0.15, 0.2) is 42.5 Å². The van der Waals surface area contributed by atoms with Crippen LogP contribution in [0.3, 0.4) is 0 Å². The summed E-state index contributed by atoms with van der Waals surface area (Å²) in [5.41, 5.74) is 1.09.